The molecular weight excluding hydrogens is 384 g/mol. The third-order valence-electron chi connectivity index (χ3n) is 10.8. The Morgan fingerprint density at radius 2 is 1.84 bits per heavy atom. The summed E-state index contributed by atoms with van der Waals surface area (Å²) in [6.45, 7) is 5.64. The lowest BCUT2D eigenvalue weighted by Gasteiger charge is -2.68. The van der Waals surface area contributed by atoms with Crippen LogP contribution in [0, 0.1) is 17.8 Å². The number of fused-ring (bicyclic) bond motifs is 2. The Morgan fingerprint density at radius 1 is 1.06 bits per heavy atom. The van der Waals surface area contributed by atoms with E-state index in [1.54, 1.807) is 0 Å². The first-order valence-electron chi connectivity index (χ1n) is 13.1. The minimum Gasteiger partial charge on any atom is -0.392 e. The molecule has 1 saturated carbocycles. The maximum Gasteiger partial charge on any atom is 0.194 e. The molecule has 1 aromatic carbocycles. The van der Waals surface area contributed by atoms with Crippen molar-refractivity contribution >= 4 is 5.69 Å². The van der Waals surface area contributed by atoms with Gasteiger partial charge in [0.05, 0.1) is 30.1 Å². The van der Waals surface area contributed by atoms with Gasteiger partial charge in [-0.3, -0.25) is 4.48 Å². The molecule has 6 aliphatic rings. The first kappa shape index (κ1) is 20.5. The molecule has 10 atom stereocenters. The molecule has 1 aliphatic carbocycles. The minimum atomic E-state index is -0.273. The van der Waals surface area contributed by atoms with E-state index < -0.39 is 0 Å². The van der Waals surface area contributed by atoms with Crippen molar-refractivity contribution in [1.29, 1.82) is 0 Å². The van der Waals surface area contributed by atoms with Gasteiger partial charge >= 0.3 is 0 Å². The number of para-hydroxylation sites is 1. The first-order valence-corrected chi connectivity index (χ1v) is 13.1. The Kier molecular flexibility index (Phi) is 4.60. The molecule has 1 aromatic rings. The van der Waals surface area contributed by atoms with Crippen LogP contribution in [0.1, 0.15) is 70.8 Å². The van der Waals surface area contributed by atoms with Crippen LogP contribution >= 0.6 is 0 Å². The van der Waals surface area contributed by atoms with Crippen molar-refractivity contribution < 1.29 is 14.7 Å². The Balaban J connectivity index is 1.46. The summed E-state index contributed by atoms with van der Waals surface area (Å²) in [4.78, 5) is 2.51. The molecule has 0 amide bonds. The standard InChI is InChI=1S/C27H41N2O2/c1-4-6-7-8-11-14-29-21-15-18(17(5-2)26(29)31)23-22(29)16-27(25(23)30)19-12-9-10-13-20(19)28(3)24(21)27/h9-10,12-13,17-18,21-26,30-31H,4-8,11,14-16H2,1-3H3/q+1/t17-,18+,21-,22-,23-,24-,25-,26+,27+,29+/m0/s1. The number of unbranched alkanes of at least 4 members (excludes halogenated alkanes) is 4. The maximum atomic E-state index is 12.1. The van der Waals surface area contributed by atoms with Gasteiger partial charge in [-0.15, -0.1) is 0 Å². The Morgan fingerprint density at radius 3 is 2.61 bits per heavy atom. The molecule has 7 rings (SSSR count). The van der Waals surface area contributed by atoms with Gasteiger partial charge in [-0.1, -0.05) is 51.3 Å². The average Bonchev–Trinajstić information content (AvgIpc) is 3.16. The van der Waals surface area contributed by atoms with Crippen molar-refractivity contribution in [1.82, 2.24) is 0 Å². The Bertz CT molecular complexity index is 859. The number of aliphatic hydroxyl groups excluding tert-OH is 2. The number of nitrogens with zero attached hydrogens (tertiary/aromatic N) is 2. The van der Waals surface area contributed by atoms with Crippen LogP contribution in [0.15, 0.2) is 24.3 Å². The number of aliphatic hydroxyl groups is 2. The summed E-state index contributed by atoms with van der Waals surface area (Å²) in [5.41, 5.74) is 2.57. The number of likely N-dealkylation sites (N-methyl/N-ethyl adjacent to an activating group) is 1. The lowest BCUT2D eigenvalue weighted by molar-refractivity contribution is -1.04. The first-order chi connectivity index (χ1) is 15.0. The molecule has 5 fully saturated rings. The fourth-order valence-corrected chi connectivity index (χ4v) is 9.83. The number of anilines is 1. The van der Waals surface area contributed by atoms with Crippen LogP contribution in [-0.4, -0.2) is 58.7 Å². The smallest absolute Gasteiger partial charge is 0.194 e. The van der Waals surface area contributed by atoms with Gasteiger partial charge in [-0.25, -0.2) is 0 Å². The molecule has 2 N–H and O–H groups in total. The fourth-order valence-electron chi connectivity index (χ4n) is 9.83. The third kappa shape index (κ3) is 2.23. The van der Waals surface area contributed by atoms with E-state index in [1.807, 2.05) is 0 Å². The average molecular weight is 426 g/mol. The largest absolute Gasteiger partial charge is 0.392 e. The van der Waals surface area contributed by atoms with Gasteiger partial charge < -0.3 is 15.1 Å². The summed E-state index contributed by atoms with van der Waals surface area (Å²) in [7, 11) is 2.26. The molecule has 5 heterocycles. The summed E-state index contributed by atoms with van der Waals surface area (Å²) in [6, 6.07) is 10.0. The van der Waals surface area contributed by atoms with E-state index in [0.29, 0.717) is 35.9 Å². The van der Waals surface area contributed by atoms with Gasteiger partial charge in [0.1, 0.15) is 6.04 Å². The topological polar surface area (TPSA) is 43.7 Å². The highest BCUT2D eigenvalue weighted by atomic mass is 16.3. The lowest BCUT2D eigenvalue weighted by Crippen LogP contribution is -2.83. The highest BCUT2D eigenvalue weighted by molar-refractivity contribution is 5.66. The van der Waals surface area contributed by atoms with E-state index in [9.17, 15) is 10.2 Å². The zero-order valence-electron chi connectivity index (χ0n) is 19.6. The minimum absolute atomic E-state index is 0.133. The van der Waals surface area contributed by atoms with Crippen LogP contribution in [0.4, 0.5) is 5.69 Å². The highest BCUT2D eigenvalue weighted by Crippen LogP contribution is 2.71. The second-order valence-electron chi connectivity index (χ2n) is 11.5. The van der Waals surface area contributed by atoms with Crippen LogP contribution < -0.4 is 4.90 Å². The summed E-state index contributed by atoms with van der Waals surface area (Å²) in [5, 5.41) is 24.0. The maximum absolute atomic E-state index is 12.1. The van der Waals surface area contributed by atoms with Crippen molar-refractivity contribution in [2.45, 2.75) is 101 Å². The van der Waals surface area contributed by atoms with Crippen molar-refractivity contribution in [3.63, 3.8) is 0 Å². The van der Waals surface area contributed by atoms with Gasteiger partial charge in [0.15, 0.2) is 6.23 Å². The molecule has 0 radical (unpaired) electrons. The van der Waals surface area contributed by atoms with Crippen LogP contribution in [0.5, 0.6) is 0 Å². The van der Waals surface area contributed by atoms with Gasteiger partial charge in [-0.2, -0.15) is 0 Å². The predicted octanol–water partition coefficient (Wildman–Crippen LogP) is 4.04. The van der Waals surface area contributed by atoms with Crippen molar-refractivity contribution in [2.24, 2.45) is 17.8 Å². The quantitative estimate of drug-likeness (QED) is 0.512. The molecule has 5 bridgehead atoms. The summed E-state index contributed by atoms with van der Waals surface area (Å²) >= 11 is 0. The number of rotatable bonds is 7. The van der Waals surface area contributed by atoms with Crippen LogP contribution in [0.3, 0.4) is 0 Å². The molecule has 31 heavy (non-hydrogen) atoms. The second-order valence-corrected chi connectivity index (χ2v) is 11.5. The van der Waals surface area contributed by atoms with Crippen LogP contribution in [-0.2, 0) is 5.41 Å². The van der Waals surface area contributed by atoms with Crippen LogP contribution in [0.2, 0.25) is 0 Å². The van der Waals surface area contributed by atoms with E-state index in [2.05, 4.69) is 50.1 Å². The van der Waals surface area contributed by atoms with E-state index in [-0.39, 0.29) is 17.7 Å². The molecule has 1 spiro atoms. The van der Waals surface area contributed by atoms with Crippen LogP contribution in [0.25, 0.3) is 0 Å². The number of benzene rings is 1. The molecule has 4 saturated heterocycles. The summed E-state index contributed by atoms with van der Waals surface area (Å²) in [6.07, 6.45) is 9.15. The molecule has 0 unspecified atom stereocenters. The molecule has 4 nitrogen and oxygen atoms in total. The van der Waals surface area contributed by atoms with Gasteiger partial charge in [-0.05, 0) is 36.8 Å². The number of piperidine rings is 4. The van der Waals surface area contributed by atoms with Crippen molar-refractivity contribution in [3.05, 3.63) is 29.8 Å². The predicted molar refractivity (Wildman–Crippen MR) is 124 cm³/mol. The number of quaternary nitrogens is 1. The van der Waals surface area contributed by atoms with Gasteiger partial charge in [0.25, 0.3) is 0 Å². The van der Waals surface area contributed by atoms with E-state index in [4.69, 9.17) is 0 Å². The van der Waals surface area contributed by atoms with Gasteiger partial charge in [0.2, 0.25) is 0 Å². The molecule has 4 heteroatoms. The van der Waals surface area contributed by atoms with E-state index in [0.717, 1.165) is 23.9 Å². The zero-order valence-corrected chi connectivity index (χ0v) is 19.6. The molecular formula is C27H41N2O2+. The molecule has 170 valence electrons. The second kappa shape index (κ2) is 6.95. The molecule has 0 aromatic heterocycles. The molecule has 5 aliphatic heterocycles. The summed E-state index contributed by atoms with van der Waals surface area (Å²) < 4.78 is 0.896. The summed E-state index contributed by atoms with van der Waals surface area (Å²) in [5.74, 6) is 1.18. The van der Waals surface area contributed by atoms with Gasteiger partial charge in [0, 0.05) is 37.4 Å². The lowest BCUT2D eigenvalue weighted by atomic mass is 9.60. The highest BCUT2D eigenvalue weighted by Gasteiger charge is 2.82. The monoisotopic (exact) mass is 425 g/mol. The zero-order chi connectivity index (χ0) is 21.5. The van der Waals surface area contributed by atoms with Crippen molar-refractivity contribution in [2.75, 3.05) is 18.5 Å². The van der Waals surface area contributed by atoms with Crippen molar-refractivity contribution in [3.8, 4) is 0 Å². The number of hydrogen-bond donors (Lipinski definition) is 2. The Labute approximate surface area is 187 Å². The van der Waals surface area contributed by atoms with E-state index in [1.165, 1.54) is 49.8 Å². The SMILES string of the molecule is CCCCCCC[N@@+]12[C@H](O)[C@@H](CC)[C@H]3C[C@H]1[C@@H]1N(C)c4ccccc4[C@]14C[C@H]2[C@H]3[C@@H]4O. The fraction of sp³-hybridized carbons (Fsp3) is 0.778. The third-order valence-corrected chi connectivity index (χ3v) is 10.8. The van der Waals surface area contributed by atoms with E-state index >= 15 is 0 Å². The normalized spacial score (nSPS) is 48.4. The number of hydrogen-bond acceptors (Lipinski definition) is 3. The Hall–Kier alpha value is -1.10.